The Hall–Kier alpha value is -1.14. The van der Waals surface area contributed by atoms with E-state index in [1.165, 1.54) is 0 Å². The molecule has 29 atom stereocenters. The van der Waals surface area contributed by atoms with Gasteiger partial charge in [-0.3, -0.25) is 0 Å². The lowest BCUT2D eigenvalue weighted by atomic mass is 9.35. The summed E-state index contributed by atoms with van der Waals surface area (Å²) in [6.45, 7) is 15.1. The SMILES string of the molecule is CC(C)=CCCC(C)(O[C@@H]1O[C@H](CO[C@@H]2OC[C@@H](O)[C@H](O)[C@H]2O)[C@@H](O)[C@H](O)[C@H]1O)[C@H]1CC[C@]2(C)[C@@H]1[C@H](O)C[C@@H]1[C@@]3(C)CC[C@H](O[C@@H]4O[C@H](CO)[C@@H](O)[C@H](O)[C@H]4O[C@@H]4O[C@H](CO)[C@@H](O)[C@H](O)[C@H]4O)C(C)(C)[C@@H]3CC[C@]12C. The van der Waals surface area contributed by atoms with E-state index < -0.39 is 165 Å². The van der Waals surface area contributed by atoms with Gasteiger partial charge in [0.2, 0.25) is 0 Å². The van der Waals surface area contributed by atoms with Crippen molar-refractivity contribution in [3.63, 3.8) is 0 Å². The molecule has 22 heteroatoms. The smallest absolute Gasteiger partial charge is 0.187 e. The van der Waals surface area contributed by atoms with E-state index in [0.29, 0.717) is 38.5 Å². The lowest BCUT2D eigenvalue weighted by Crippen LogP contribution is -2.68. The molecule has 14 N–H and O–H groups in total. The van der Waals surface area contributed by atoms with Crippen LogP contribution in [-0.2, 0) is 37.9 Å². The Bertz CT molecular complexity index is 1940. The number of hydrogen-bond donors (Lipinski definition) is 14. The highest BCUT2D eigenvalue weighted by atomic mass is 16.8. The molecule has 4 aliphatic heterocycles. The van der Waals surface area contributed by atoms with Gasteiger partial charge in [-0.2, -0.15) is 0 Å². The van der Waals surface area contributed by atoms with Crippen molar-refractivity contribution in [3.05, 3.63) is 11.6 Å². The fourth-order valence-corrected chi connectivity index (χ4v) is 16.0. The molecule has 0 radical (unpaired) electrons. The van der Waals surface area contributed by atoms with Crippen molar-refractivity contribution >= 4 is 0 Å². The number of fused-ring (bicyclic) bond motifs is 5. The molecule has 8 fully saturated rings. The first-order chi connectivity index (χ1) is 35.1. The minimum atomic E-state index is -1.81. The molecule has 0 aromatic heterocycles. The fraction of sp³-hybridized carbons (Fsp3) is 0.962. The van der Waals surface area contributed by atoms with E-state index in [0.717, 1.165) is 24.8 Å². The first-order valence-corrected chi connectivity index (χ1v) is 27.3. The van der Waals surface area contributed by atoms with Crippen molar-refractivity contribution in [1.29, 1.82) is 0 Å². The number of aliphatic hydroxyl groups is 14. The number of aliphatic hydroxyl groups excluding tert-OH is 14. The van der Waals surface area contributed by atoms with E-state index in [4.69, 9.17) is 37.9 Å². The van der Waals surface area contributed by atoms with Crippen molar-refractivity contribution in [1.82, 2.24) is 0 Å². The van der Waals surface area contributed by atoms with Gasteiger partial charge >= 0.3 is 0 Å². The second-order valence-corrected chi connectivity index (χ2v) is 25.3. The molecule has 75 heavy (non-hydrogen) atoms. The van der Waals surface area contributed by atoms with Crippen LogP contribution in [0.3, 0.4) is 0 Å². The third-order valence-electron chi connectivity index (χ3n) is 20.5. The predicted molar refractivity (Wildman–Crippen MR) is 260 cm³/mol. The minimum Gasteiger partial charge on any atom is -0.394 e. The Morgan fingerprint density at radius 2 is 1.16 bits per heavy atom. The first-order valence-electron chi connectivity index (χ1n) is 27.3. The molecular formula is C53H90O22. The Morgan fingerprint density at radius 1 is 0.587 bits per heavy atom. The third kappa shape index (κ3) is 10.6. The average Bonchev–Trinajstić information content (AvgIpc) is 3.75. The van der Waals surface area contributed by atoms with Gasteiger partial charge in [-0.05, 0) is 124 Å². The molecule has 0 aromatic rings. The highest BCUT2D eigenvalue weighted by Crippen LogP contribution is 2.76. The van der Waals surface area contributed by atoms with Crippen LogP contribution in [0.4, 0.5) is 0 Å². The van der Waals surface area contributed by atoms with Gasteiger partial charge < -0.3 is 109 Å². The lowest BCUT2D eigenvalue weighted by Gasteiger charge is -2.71. The van der Waals surface area contributed by atoms with Gasteiger partial charge in [0, 0.05) is 0 Å². The maximum absolute atomic E-state index is 12.8. The normalized spacial score (nSPS) is 52.7. The molecule has 0 aromatic carbocycles. The standard InChI is InChI=1S/C53H90O22/c1-23(2)10-9-14-53(8,75-47-43(67)39(63)37(61)29(72-47)22-69-45-41(65)34(58)26(57)21-68-45)24-11-16-52(7)33(24)25(56)18-31-50(5)15-13-32(49(3,4)30(50)12-17-51(31,52)6)73-48-44(40(64)36(60)28(20-55)71-48)74-46-42(66)38(62)35(59)27(19-54)70-46/h10,24-48,54-67H,9,11-22H2,1-8H3/t24-,25+,26+,27+,28+,29+,30-,31+,32-,33-,34-,35+,36+,37+,38-,39-,40-,41+,42+,43+,44+,45-,46-,47-,48-,50-,51+,52+,53?/m0/s1. The zero-order chi connectivity index (χ0) is 55.1. The number of allylic oxidation sites excluding steroid dienone is 2. The van der Waals surface area contributed by atoms with Gasteiger partial charge in [0.15, 0.2) is 25.2 Å². The Labute approximate surface area is 439 Å². The first kappa shape index (κ1) is 60.0. The van der Waals surface area contributed by atoms with Crippen molar-refractivity contribution in [3.8, 4) is 0 Å². The minimum absolute atomic E-state index is 0.0508. The summed E-state index contributed by atoms with van der Waals surface area (Å²) in [5, 5.41) is 151. The van der Waals surface area contributed by atoms with Crippen molar-refractivity contribution in [2.45, 2.75) is 248 Å². The molecule has 0 spiro atoms. The zero-order valence-electron chi connectivity index (χ0n) is 44.7. The molecule has 4 aliphatic carbocycles. The second kappa shape index (κ2) is 22.7. The molecule has 22 nitrogen and oxygen atoms in total. The molecule has 434 valence electrons. The van der Waals surface area contributed by atoms with Gasteiger partial charge in [0.05, 0.1) is 44.2 Å². The van der Waals surface area contributed by atoms with E-state index in [1.54, 1.807) is 0 Å². The van der Waals surface area contributed by atoms with Crippen LogP contribution in [0.25, 0.3) is 0 Å². The van der Waals surface area contributed by atoms with Crippen LogP contribution >= 0.6 is 0 Å². The van der Waals surface area contributed by atoms with Crippen LogP contribution in [-0.4, -0.2) is 232 Å². The predicted octanol–water partition coefficient (Wildman–Crippen LogP) is -1.56. The molecule has 0 bridgehead atoms. The van der Waals surface area contributed by atoms with E-state index in [1.807, 2.05) is 20.8 Å². The number of rotatable bonds is 15. The third-order valence-corrected chi connectivity index (χ3v) is 20.5. The molecule has 8 aliphatic rings. The molecule has 4 saturated heterocycles. The quantitative estimate of drug-likeness (QED) is 0.0651. The summed E-state index contributed by atoms with van der Waals surface area (Å²) in [6.07, 6.45) is -22.6. The molecule has 8 rings (SSSR count). The van der Waals surface area contributed by atoms with Crippen molar-refractivity contribution < 1.29 is 109 Å². The summed E-state index contributed by atoms with van der Waals surface area (Å²) in [5.41, 5.74) is -1.48. The fourth-order valence-electron chi connectivity index (χ4n) is 16.0. The largest absolute Gasteiger partial charge is 0.394 e. The molecule has 0 amide bonds. The van der Waals surface area contributed by atoms with Crippen LogP contribution in [0.2, 0.25) is 0 Å². The summed E-state index contributed by atoms with van der Waals surface area (Å²) in [7, 11) is 0. The second-order valence-electron chi connectivity index (χ2n) is 25.3. The van der Waals surface area contributed by atoms with Crippen molar-refractivity contribution in [2.24, 2.45) is 45.3 Å². The highest BCUT2D eigenvalue weighted by Gasteiger charge is 2.72. The van der Waals surface area contributed by atoms with Gasteiger partial charge in [-0.1, -0.05) is 46.3 Å². The van der Waals surface area contributed by atoms with Crippen LogP contribution in [0.1, 0.15) is 113 Å². The zero-order valence-corrected chi connectivity index (χ0v) is 44.7. The van der Waals surface area contributed by atoms with Crippen LogP contribution in [0, 0.1) is 45.3 Å². The highest BCUT2D eigenvalue weighted by molar-refractivity contribution is 5.20. The van der Waals surface area contributed by atoms with E-state index >= 15 is 0 Å². The van der Waals surface area contributed by atoms with Gasteiger partial charge in [0.1, 0.15) is 91.6 Å². The summed E-state index contributed by atoms with van der Waals surface area (Å²) in [6, 6.07) is 0. The number of ether oxygens (including phenoxy) is 8. The Kier molecular flexibility index (Phi) is 18.1. The van der Waals surface area contributed by atoms with Gasteiger partial charge in [-0.15, -0.1) is 0 Å². The molecular weight excluding hydrogens is 989 g/mol. The summed E-state index contributed by atoms with van der Waals surface area (Å²) >= 11 is 0. The maximum Gasteiger partial charge on any atom is 0.187 e. The molecule has 4 heterocycles. The maximum atomic E-state index is 12.8. The average molecular weight is 1080 g/mol. The summed E-state index contributed by atoms with van der Waals surface area (Å²) in [5.74, 6) is -0.395. The van der Waals surface area contributed by atoms with E-state index in [2.05, 4.69) is 40.7 Å². The lowest BCUT2D eigenvalue weighted by molar-refractivity contribution is -0.378. The summed E-state index contributed by atoms with van der Waals surface area (Å²) in [4.78, 5) is 0. The number of hydrogen-bond acceptors (Lipinski definition) is 22. The van der Waals surface area contributed by atoms with Crippen LogP contribution in [0.15, 0.2) is 11.6 Å². The Morgan fingerprint density at radius 3 is 1.80 bits per heavy atom. The monoisotopic (exact) mass is 1080 g/mol. The van der Waals surface area contributed by atoms with E-state index in [-0.39, 0.29) is 41.1 Å². The van der Waals surface area contributed by atoms with Crippen molar-refractivity contribution in [2.75, 3.05) is 26.4 Å². The van der Waals surface area contributed by atoms with Gasteiger partial charge in [0.25, 0.3) is 0 Å². The molecule has 4 saturated carbocycles. The summed E-state index contributed by atoms with van der Waals surface area (Å²) < 4.78 is 48.8. The molecule has 1 unspecified atom stereocenters. The Balaban J connectivity index is 1.01. The van der Waals surface area contributed by atoms with E-state index in [9.17, 15) is 71.5 Å². The van der Waals surface area contributed by atoms with Crippen LogP contribution in [0.5, 0.6) is 0 Å². The topological polar surface area (TPSA) is 357 Å². The van der Waals surface area contributed by atoms with Gasteiger partial charge in [-0.25, -0.2) is 0 Å². The van der Waals surface area contributed by atoms with Crippen LogP contribution < -0.4 is 0 Å².